The molecule has 0 aliphatic carbocycles. The van der Waals surface area contributed by atoms with Gasteiger partial charge >= 0.3 is 5.69 Å². The summed E-state index contributed by atoms with van der Waals surface area (Å²) in [5.41, 5.74) is 0.411. The molecule has 0 atom stereocenters. The van der Waals surface area contributed by atoms with Crippen molar-refractivity contribution in [1.29, 1.82) is 0 Å². The molecule has 0 aromatic carbocycles. The number of pyridine rings is 1. The molecule has 0 bridgehead atoms. The summed E-state index contributed by atoms with van der Waals surface area (Å²) in [6.07, 6.45) is 3.24. The van der Waals surface area contributed by atoms with E-state index in [1.807, 2.05) is 0 Å². The number of aromatic nitrogens is 4. The molecule has 2 aromatic heterocycles. The van der Waals surface area contributed by atoms with E-state index >= 15 is 0 Å². The molecule has 0 aliphatic heterocycles. The minimum atomic E-state index is -0.364. The summed E-state index contributed by atoms with van der Waals surface area (Å²) in [6.45, 7) is 0. The van der Waals surface area contributed by atoms with Gasteiger partial charge in [-0.05, 0) is 24.4 Å². The predicted molar refractivity (Wildman–Crippen MR) is 53.3 cm³/mol. The van der Waals surface area contributed by atoms with Crippen LogP contribution in [-0.2, 0) is 0 Å². The van der Waals surface area contributed by atoms with Crippen molar-refractivity contribution < 1.29 is 0 Å². The number of hydrogen-bond donors (Lipinski definition) is 2. The summed E-state index contributed by atoms with van der Waals surface area (Å²) < 4.78 is 0.167. The SMILES string of the molecule is O=c1[nH]c(-c2ccncc2)nc(=S)[nH]1. The summed E-state index contributed by atoms with van der Waals surface area (Å²) in [4.78, 5) is 23.8. The standard InChI is InChI=1S/C8H6N4OS/c13-7-10-6(11-8(14)12-7)5-1-3-9-4-2-5/h1-4H,(H2,10,11,12,13,14). The Bertz CT molecular complexity index is 517. The number of hydrogen-bond acceptors (Lipinski definition) is 4. The second kappa shape index (κ2) is 3.51. The largest absolute Gasteiger partial charge is 0.326 e. The van der Waals surface area contributed by atoms with E-state index < -0.39 is 0 Å². The summed E-state index contributed by atoms with van der Waals surface area (Å²) in [5, 5.41) is 0. The van der Waals surface area contributed by atoms with Gasteiger partial charge in [-0.1, -0.05) is 0 Å². The van der Waals surface area contributed by atoms with Crippen molar-refractivity contribution in [2.45, 2.75) is 0 Å². The van der Waals surface area contributed by atoms with Crippen molar-refractivity contribution in [3.63, 3.8) is 0 Å². The number of rotatable bonds is 1. The van der Waals surface area contributed by atoms with E-state index in [2.05, 4.69) is 19.9 Å². The Morgan fingerprint density at radius 1 is 1.21 bits per heavy atom. The quantitative estimate of drug-likeness (QED) is 0.679. The highest BCUT2D eigenvalue weighted by Gasteiger charge is 1.99. The van der Waals surface area contributed by atoms with Crippen molar-refractivity contribution in [3.05, 3.63) is 39.8 Å². The molecule has 2 rings (SSSR count). The van der Waals surface area contributed by atoms with Gasteiger partial charge in [0.2, 0.25) is 4.77 Å². The molecule has 0 aliphatic rings. The van der Waals surface area contributed by atoms with E-state index in [4.69, 9.17) is 12.2 Å². The molecule has 0 spiro atoms. The maximum Gasteiger partial charge on any atom is 0.326 e. The van der Waals surface area contributed by atoms with E-state index in [1.54, 1.807) is 24.5 Å². The summed E-state index contributed by atoms with van der Waals surface area (Å²) >= 11 is 4.78. The van der Waals surface area contributed by atoms with Gasteiger partial charge in [0.25, 0.3) is 0 Å². The van der Waals surface area contributed by atoms with Gasteiger partial charge < -0.3 is 0 Å². The van der Waals surface area contributed by atoms with Gasteiger partial charge in [0.05, 0.1) is 0 Å². The molecule has 0 fully saturated rings. The van der Waals surface area contributed by atoms with Crippen LogP contribution in [-0.4, -0.2) is 19.9 Å². The van der Waals surface area contributed by atoms with Gasteiger partial charge in [-0.25, -0.2) is 9.78 Å². The summed E-state index contributed by atoms with van der Waals surface area (Å²) in [7, 11) is 0. The van der Waals surface area contributed by atoms with Crippen LogP contribution < -0.4 is 5.69 Å². The zero-order valence-electron chi connectivity index (χ0n) is 7.02. The van der Waals surface area contributed by atoms with Crippen LogP contribution in [0.25, 0.3) is 11.4 Å². The number of nitrogens with zero attached hydrogens (tertiary/aromatic N) is 2. The molecule has 2 aromatic rings. The molecule has 2 heterocycles. The van der Waals surface area contributed by atoms with Crippen LogP contribution in [0.3, 0.4) is 0 Å². The molecule has 14 heavy (non-hydrogen) atoms. The van der Waals surface area contributed by atoms with Gasteiger partial charge in [0, 0.05) is 18.0 Å². The Hall–Kier alpha value is -1.82. The lowest BCUT2D eigenvalue weighted by Gasteiger charge is -1.97. The lowest BCUT2D eigenvalue weighted by molar-refractivity contribution is 0.975. The smallest absolute Gasteiger partial charge is 0.291 e. The molecular weight excluding hydrogens is 200 g/mol. The van der Waals surface area contributed by atoms with E-state index in [1.165, 1.54) is 0 Å². The Morgan fingerprint density at radius 2 is 1.93 bits per heavy atom. The molecule has 2 N–H and O–H groups in total. The monoisotopic (exact) mass is 206 g/mol. The van der Waals surface area contributed by atoms with Crippen molar-refractivity contribution in [2.75, 3.05) is 0 Å². The van der Waals surface area contributed by atoms with Crippen molar-refractivity contribution in [1.82, 2.24) is 19.9 Å². The highest BCUT2D eigenvalue weighted by Crippen LogP contribution is 2.09. The molecule has 0 saturated heterocycles. The summed E-state index contributed by atoms with van der Waals surface area (Å²) in [5.74, 6) is 0.446. The Balaban J connectivity index is 2.64. The minimum Gasteiger partial charge on any atom is -0.291 e. The predicted octanol–water partition coefficient (Wildman–Crippen LogP) is 0.889. The number of H-pyrrole nitrogens is 2. The molecule has 6 heteroatoms. The van der Waals surface area contributed by atoms with Gasteiger partial charge in [-0.2, -0.15) is 0 Å². The first-order valence-electron chi connectivity index (χ1n) is 3.87. The van der Waals surface area contributed by atoms with Gasteiger partial charge in [-0.3, -0.25) is 15.0 Å². The topological polar surface area (TPSA) is 74.4 Å². The van der Waals surface area contributed by atoms with Crippen LogP contribution in [0.4, 0.5) is 0 Å². The Labute approximate surface area is 83.9 Å². The number of aromatic amines is 2. The van der Waals surface area contributed by atoms with Crippen LogP contribution in [0.2, 0.25) is 0 Å². The van der Waals surface area contributed by atoms with E-state index in [0.717, 1.165) is 5.56 Å². The van der Waals surface area contributed by atoms with Crippen LogP contribution in [0, 0.1) is 4.77 Å². The fraction of sp³-hybridized carbons (Fsp3) is 0. The van der Waals surface area contributed by atoms with Crippen molar-refractivity contribution in [3.8, 4) is 11.4 Å². The minimum absolute atomic E-state index is 0.167. The second-order valence-electron chi connectivity index (χ2n) is 2.58. The maximum absolute atomic E-state index is 11.1. The van der Waals surface area contributed by atoms with E-state index in [9.17, 15) is 4.79 Å². The molecule has 70 valence electrons. The second-order valence-corrected chi connectivity index (χ2v) is 2.97. The first-order chi connectivity index (χ1) is 6.75. The lowest BCUT2D eigenvalue weighted by Crippen LogP contribution is -2.12. The van der Waals surface area contributed by atoms with E-state index in [-0.39, 0.29) is 10.5 Å². The van der Waals surface area contributed by atoms with E-state index in [0.29, 0.717) is 5.82 Å². The van der Waals surface area contributed by atoms with Crippen LogP contribution >= 0.6 is 12.2 Å². The lowest BCUT2D eigenvalue weighted by atomic mass is 10.2. The maximum atomic E-state index is 11.1. The fourth-order valence-electron chi connectivity index (χ4n) is 1.04. The summed E-state index contributed by atoms with van der Waals surface area (Å²) in [6, 6.07) is 3.49. The average Bonchev–Trinajstić information content (AvgIpc) is 2.18. The van der Waals surface area contributed by atoms with Crippen LogP contribution in [0.15, 0.2) is 29.3 Å². The Kier molecular flexibility index (Phi) is 2.19. The first-order valence-corrected chi connectivity index (χ1v) is 4.27. The number of nitrogens with one attached hydrogen (secondary N) is 2. The van der Waals surface area contributed by atoms with Crippen molar-refractivity contribution in [2.24, 2.45) is 0 Å². The molecule has 5 nitrogen and oxygen atoms in total. The average molecular weight is 206 g/mol. The van der Waals surface area contributed by atoms with Gasteiger partial charge in [0.1, 0.15) is 5.82 Å². The highest BCUT2D eigenvalue weighted by atomic mass is 32.1. The third kappa shape index (κ3) is 1.74. The fourth-order valence-corrected chi connectivity index (χ4v) is 1.22. The third-order valence-corrected chi connectivity index (χ3v) is 1.81. The Morgan fingerprint density at radius 3 is 2.57 bits per heavy atom. The molecule has 0 saturated carbocycles. The van der Waals surface area contributed by atoms with Crippen molar-refractivity contribution >= 4 is 12.2 Å². The first kappa shape index (κ1) is 8.76. The van der Waals surface area contributed by atoms with Crippen LogP contribution in [0.1, 0.15) is 0 Å². The van der Waals surface area contributed by atoms with Gasteiger partial charge in [-0.15, -0.1) is 0 Å². The third-order valence-electron chi connectivity index (χ3n) is 1.62. The van der Waals surface area contributed by atoms with Crippen LogP contribution in [0.5, 0.6) is 0 Å². The van der Waals surface area contributed by atoms with Gasteiger partial charge in [0.15, 0.2) is 0 Å². The molecule has 0 amide bonds. The normalized spacial score (nSPS) is 10.0. The zero-order valence-corrected chi connectivity index (χ0v) is 7.84. The zero-order chi connectivity index (χ0) is 9.97. The molecular formula is C8H6N4OS. The highest BCUT2D eigenvalue weighted by molar-refractivity contribution is 7.71. The molecule has 0 unspecified atom stereocenters. The molecule has 0 radical (unpaired) electrons.